The summed E-state index contributed by atoms with van der Waals surface area (Å²) in [5, 5.41) is 10.6. The lowest BCUT2D eigenvalue weighted by Gasteiger charge is -2.26. The number of hydrogen-bond acceptors (Lipinski definition) is 8. The van der Waals surface area contributed by atoms with Gasteiger partial charge in [0.1, 0.15) is 18.2 Å². The van der Waals surface area contributed by atoms with Crippen LogP contribution in [0.2, 0.25) is 0 Å². The Hall–Kier alpha value is -4.20. The van der Waals surface area contributed by atoms with Crippen LogP contribution in [0.5, 0.6) is 5.75 Å². The Balaban J connectivity index is 1.23. The summed E-state index contributed by atoms with van der Waals surface area (Å²) < 4.78 is 14.3. The molecule has 3 N–H and O–H groups in total. The first-order valence-corrected chi connectivity index (χ1v) is 14.5. The normalized spacial score (nSPS) is 14.1. The maximum absolute atomic E-state index is 13.0. The third-order valence-electron chi connectivity index (χ3n) is 6.75. The van der Waals surface area contributed by atoms with Crippen LogP contribution in [-0.2, 0) is 16.7 Å². The summed E-state index contributed by atoms with van der Waals surface area (Å²) in [6.07, 6.45) is 0. The van der Waals surface area contributed by atoms with Gasteiger partial charge < -0.3 is 14.8 Å². The van der Waals surface area contributed by atoms with Crippen LogP contribution in [0.3, 0.4) is 0 Å². The van der Waals surface area contributed by atoms with Gasteiger partial charge in [0.05, 0.1) is 31.1 Å². The van der Waals surface area contributed by atoms with Gasteiger partial charge in [-0.05, 0) is 42.0 Å². The predicted molar refractivity (Wildman–Crippen MR) is 162 cm³/mol. The van der Waals surface area contributed by atoms with Crippen LogP contribution in [0.15, 0.2) is 64.2 Å². The van der Waals surface area contributed by atoms with Crippen molar-refractivity contribution < 1.29 is 14.3 Å². The second-order valence-corrected chi connectivity index (χ2v) is 12.0. The SMILES string of the molecule is CC(C)(C)c1cc(NC(=O)Nc2ccc(OCCN3CCOCC3)cc2)n(-c2ccc(Cn3sc(=O)[nH]c3=O)cc2)n1. The maximum atomic E-state index is 13.0. The number of anilines is 2. The van der Waals surface area contributed by atoms with Crippen LogP contribution in [0.4, 0.5) is 16.3 Å². The van der Waals surface area contributed by atoms with Crippen LogP contribution in [0.1, 0.15) is 32.0 Å². The first-order chi connectivity index (χ1) is 20.1. The lowest BCUT2D eigenvalue weighted by atomic mass is 9.92. The van der Waals surface area contributed by atoms with E-state index in [-0.39, 0.29) is 16.8 Å². The largest absolute Gasteiger partial charge is 0.492 e. The molecule has 0 radical (unpaired) electrons. The van der Waals surface area contributed by atoms with Crippen LogP contribution in [-0.4, -0.2) is 69.1 Å². The molecule has 2 aromatic heterocycles. The topological polar surface area (TPSA) is 136 Å². The highest BCUT2D eigenvalue weighted by atomic mass is 32.1. The Bertz CT molecular complexity index is 1610. The van der Waals surface area contributed by atoms with Gasteiger partial charge in [-0.3, -0.25) is 20.0 Å². The van der Waals surface area contributed by atoms with E-state index < -0.39 is 11.7 Å². The van der Waals surface area contributed by atoms with E-state index in [1.807, 2.05) is 42.5 Å². The summed E-state index contributed by atoms with van der Waals surface area (Å²) in [6.45, 7) is 11.2. The molecular weight excluding hydrogens is 558 g/mol. The Morgan fingerprint density at radius 3 is 2.40 bits per heavy atom. The zero-order valence-corrected chi connectivity index (χ0v) is 24.7. The number of H-pyrrole nitrogens is 1. The van der Waals surface area contributed by atoms with Crippen molar-refractivity contribution in [1.29, 1.82) is 0 Å². The van der Waals surface area contributed by atoms with E-state index in [9.17, 15) is 14.4 Å². The van der Waals surface area contributed by atoms with Crippen molar-refractivity contribution in [2.24, 2.45) is 0 Å². The molecule has 0 saturated carbocycles. The molecule has 1 saturated heterocycles. The zero-order chi connectivity index (χ0) is 29.7. The average molecular weight is 594 g/mol. The number of nitrogens with zero attached hydrogens (tertiary/aromatic N) is 4. The van der Waals surface area contributed by atoms with E-state index in [0.717, 1.165) is 67.1 Å². The van der Waals surface area contributed by atoms with Crippen molar-refractivity contribution in [1.82, 2.24) is 23.6 Å². The van der Waals surface area contributed by atoms with Gasteiger partial charge in [0.15, 0.2) is 0 Å². The number of carbonyl (C=O) groups is 1. The van der Waals surface area contributed by atoms with E-state index >= 15 is 0 Å². The van der Waals surface area contributed by atoms with E-state index in [1.165, 1.54) is 3.96 Å². The van der Waals surface area contributed by atoms with Crippen molar-refractivity contribution in [3.05, 3.63) is 86.0 Å². The smallest absolute Gasteiger partial charge is 0.338 e. The second kappa shape index (κ2) is 12.8. The number of urea groups is 1. The Morgan fingerprint density at radius 1 is 1.05 bits per heavy atom. The van der Waals surface area contributed by atoms with Gasteiger partial charge in [-0.1, -0.05) is 32.9 Å². The molecule has 1 aliphatic heterocycles. The molecule has 0 atom stereocenters. The number of nitrogens with one attached hydrogen (secondary N) is 3. The number of morpholine rings is 1. The third-order valence-corrected chi connectivity index (χ3v) is 7.53. The number of aromatic nitrogens is 4. The highest BCUT2D eigenvalue weighted by molar-refractivity contribution is 7.03. The van der Waals surface area contributed by atoms with Gasteiger partial charge in [-0.25, -0.2) is 18.2 Å². The van der Waals surface area contributed by atoms with E-state index in [2.05, 4.69) is 41.3 Å². The molecular formula is C29H35N7O5S. The summed E-state index contributed by atoms with van der Waals surface area (Å²) in [4.78, 5) is 40.5. The highest BCUT2D eigenvalue weighted by Crippen LogP contribution is 2.27. The molecule has 1 aliphatic rings. The number of rotatable bonds is 9. The molecule has 3 heterocycles. The molecule has 0 bridgehead atoms. The molecule has 2 aromatic carbocycles. The number of amides is 2. The summed E-state index contributed by atoms with van der Waals surface area (Å²) in [5.74, 6) is 1.24. The molecule has 42 heavy (non-hydrogen) atoms. The number of carbonyl (C=O) groups excluding carboxylic acids is 1. The van der Waals surface area contributed by atoms with Crippen molar-refractivity contribution in [2.45, 2.75) is 32.7 Å². The quantitative estimate of drug-likeness (QED) is 0.270. The van der Waals surface area contributed by atoms with E-state index in [4.69, 9.17) is 14.6 Å². The third kappa shape index (κ3) is 7.55. The summed E-state index contributed by atoms with van der Waals surface area (Å²) in [7, 11) is 0. The summed E-state index contributed by atoms with van der Waals surface area (Å²) in [5.41, 5.74) is 2.34. The molecule has 4 aromatic rings. The van der Waals surface area contributed by atoms with Crippen LogP contribution < -0.4 is 25.9 Å². The fraction of sp³-hybridized carbons (Fsp3) is 0.379. The highest BCUT2D eigenvalue weighted by Gasteiger charge is 2.22. The molecule has 0 spiro atoms. The second-order valence-electron chi connectivity index (χ2n) is 11.0. The molecule has 0 aliphatic carbocycles. The van der Waals surface area contributed by atoms with Crippen molar-refractivity contribution in [3.8, 4) is 11.4 Å². The first kappa shape index (κ1) is 29.3. The number of aromatic amines is 1. The summed E-state index contributed by atoms with van der Waals surface area (Å²) in [6, 6.07) is 16.1. The minimum atomic E-state index is -0.431. The fourth-order valence-electron chi connectivity index (χ4n) is 4.39. The molecule has 13 heteroatoms. The van der Waals surface area contributed by atoms with Gasteiger partial charge in [-0.15, -0.1) is 0 Å². The molecule has 222 valence electrons. The lowest BCUT2D eigenvalue weighted by Crippen LogP contribution is -2.38. The van der Waals surface area contributed by atoms with Crippen LogP contribution in [0, 0.1) is 0 Å². The Morgan fingerprint density at radius 2 is 1.76 bits per heavy atom. The fourth-order valence-corrected chi connectivity index (χ4v) is 5.07. The van der Waals surface area contributed by atoms with Crippen molar-refractivity contribution in [3.63, 3.8) is 0 Å². The van der Waals surface area contributed by atoms with Gasteiger partial charge in [0.25, 0.3) is 0 Å². The number of ether oxygens (including phenoxy) is 2. The molecule has 2 amide bonds. The first-order valence-electron chi connectivity index (χ1n) is 13.8. The van der Waals surface area contributed by atoms with Crippen molar-refractivity contribution in [2.75, 3.05) is 50.1 Å². The Kier molecular flexibility index (Phi) is 8.90. The number of hydrogen-bond donors (Lipinski definition) is 3. The van der Waals surface area contributed by atoms with E-state index in [0.29, 0.717) is 18.1 Å². The molecule has 0 unspecified atom stereocenters. The van der Waals surface area contributed by atoms with Gasteiger partial charge in [-0.2, -0.15) is 5.10 Å². The van der Waals surface area contributed by atoms with Gasteiger partial charge in [0.2, 0.25) is 0 Å². The minimum Gasteiger partial charge on any atom is -0.492 e. The van der Waals surface area contributed by atoms with Gasteiger partial charge >= 0.3 is 16.6 Å². The monoisotopic (exact) mass is 593 g/mol. The predicted octanol–water partition coefficient (Wildman–Crippen LogP) is 3.48. The summed E-state index contributed by atoms with van der Waals surface area (Å²) >= 11 is 0.844. The maximum Gasteiger partial charge on any atom is 0.338 e. The van der Waals surface area contributed by atoms with Gasteiger partial charge in [0, 0.05) is 48.3 Å². The zero-order valence-electron chi connectivity index (χ0n) is 23.9. The molecule has 12 nitrogen and oxygen atoms in total. The van der Waals surface area contributed by atoms with E-state index in [1.54, 1.807) is 16.8 Å². The lowest BCUT2D eigenvalue weighted by molar-refractivity contribution is 0.0322. The van der Waals surface area contributed by atoms with Crippen LogP contribution >= 0.6 is 11.5 Å². The Labute approximate surface area is 247 Å². The minimum absolute atomic E-state index is 0.247. The number of benzene rings is 2. The standard InChI is InChI=1S/C29H35N7O5S/c1-29(2,3)24-18-25(36(33-24)22-8-4-20(5-9-22)19-35-27(38)32-28(39)42-35)31-26(37)30-21-6-10-23(11-7-21)41-17-14-34-12-15-40-16-13-34/h4-11,18H,12-17,19H2,1-3H3,(H2,30,31,37)(H,32,38,39). The van der Waals surface area contributed by atoms with Crippen LogP contribution in [0.25, 0.3) is 5.69 Å². The average Bonchev–Trinajstić information content (AvgIpc) is 3.52. The van der Waals surface area contributed by atoms with Crippen molar-refractivity contribution >= 4 is 29.1 Å². The molecule has 1 fully saturated rings. The molecule has 5 rings (SSSR count).